The van der Waals surface area contributed by atoms with Crippen LogP contribution < -0.4 is 5.32 Å². The summed E-state index contributed by atoms with van der Waals surface area (Å²) in [4.78, 5) is 10.0. The number of fused-ring (bicyclic) bond motifs is 1. The van der Waals surface area contributed by atoms with Gasteiger partial charge in [0.15, 0.2) is 0 Å². The van der Waals surface area contributed by atoms with Crippen LogP contribution in [-0.2, 0) is 13.0 Å². The third-order valence-electron chi connectivity index (χ3n) is 5.25. The Bertz CT molecular complexity index is 495. The topological polar surface area (TPSA) is 37.8 Å². The van der Waals surface area contributed by atoms with Crippen LogP contribution in [0.4, 0.5) is 0 Å². The molecule has 1 saturated carbocycles. The summed E-state index contributed by atoms with van der Waals surface area (Å²) in [7, 11) is 0. The fourth-order valence-electron chi connectivity index (χ4n) is 3.95. The Morgan fingerprint density at radius 1 is 1.24 bits per heavy atom. The van der Waals surface area contributed by atoms with Crippen molar-refractivity contribution in [2.24, 2.45) is 5.92 Å². The quantitative estimate of drug-likeness (QED) is 0.915. The molecule has 0 bridgehead atoms. The first-order valence-electron chi connectivity index (χ1n) is 8.79. The Kier molecular flexibility index (Phi) is 4.58. The summed E-state index contributed by atoms with van der Waals surface area (Å²) in [5, 5.41) is 3.47. The van der Waals surface area contributed by atoms with Gasteiger partial charge >= 0.3 is 0 Å². The van der Waals surface area contributed by atoms with Gasteiger partial charge in [-0.15, -0.1) is 0 Å². The summed E-state index contributed by atoms with van der Waals surface area (Å²) in [5.41, 5.74) is 3.99. The first-order valence-corrected chi connectivity index (χ1v) is 8.79. The van der Waals surface area contributed by atoms with Crippen LogP contribution in [0.3, 0.4) is 0 Å². The number of aromatic nitrogens is 2. The third-order valence-corrected chi connectivity index (χ3v) is 5.25. The average Bonchev–Trinajstić information content (AvgIpc) is 2.53. The summed E-state index contributed by atoms with van der Waals surface area (Å²) in [6, 6.07) is 0. The number of hydrogen-bond donors (Lipinski definition) is 1. The first kappa shape index (κ1) is 15.0. The van der Waals surface area contributed by atoms with E-state index in [1.807, 2.05) is 0 Å². The molecule has 1 aliphatic heterocycles. The van der Waals surface area contributed by atoms with Gasteiger partial charge in [-0.3, -0.25) is 0 Å². The lowest BCUT2D eigenvalue weighted by atomic mass is 9.79. The molecule has 1 aromatic heterocycles. The molecule has 0 aromatic carbocycles. The zero-order valence-corrected chi connectivity index (χ0v) is 13.8. The molecule has 0 radical (unpaired) electrons. The molecular formula is C18H29N3. The highest BCUT2D eigenvalue weighted by molar-refractivity contribution is 5.31. The molecule has 2 heterocycles. The maximum absolute atomic E-state index is 5.03. The van der Waals surface area contributed by atoms with Crippen molar-refractivity contribution >= 4 is 0 Å². The van der Waals surface area contributed by atoms with Gasteiger partial charge in [0.1, 0.15) is 5.82 Å². The molecule has 1 fully saturated rings. The molecule has 116 valence electrons. The van der Waals surface area contributed by atoms with Gasteiger partial charge in [-0.1, -0.05) is 40.0 Å². The summed E-state index contributed by atoms with van der Waals surface area (Å²) in [6.07, 6.45) is 7.70. The zero-order valence-electron chi connectivity index (χ0n) is 13.8. The van der Waals surface area contributed by atoms with E-state index in [1.165, 1.54) is 49.1 Å². The maximum atomic E-state index is 5.03. The molecule has 21 heavy (non-hydrogen) atoms. The Labute approximate surface area is 129 Å². The van der Waals surface area contributed by atoms with Crippen molar-refractivity contribution in [3.8, 4) is 0 Å². The van der Waals surface area contributed by atoms with E-state index in [9.17, 15) is 0 Å². The number of rotatable bonds is 3. The maximum Gasteiger partial charge on any atom is 0.131 e. The number of nitrogens with zero attached hydrogens (tertiary/aromatic N) is 2. The van der Waals surface area contributed by atoms with Crippen molar-refractivity contribution in [2.45, 2.75) is 77.7 Å². The fraction of sp³-hybridized carbons (Fsp3) is 0.778. The molecule has 1 N–H and O–H groups in total. The van der Waals surface area contributed by atoms with E-state index in [-0.39, 0.29) is 0 Å². The second-order valence-electron chi connectivity index (χ2n) is 7.11. The highest BCUT2D eigenvalue weighted by atomic mass is 15.0. The number of hydrogen-bond acceptors (Lipinski definition) is 3. The normalized spacial score (nSPS) is 25.9. The van der Waals surface area contributed by atoms with E-state index in [0.29, 0.717) is 11.8 Å². The zero-order chi connectivity index (χ0) is 14.8. The van der Waals surface area contributed by atoms with Crippen molar-refractivity contribution in [1.82, 2.24) is 15.3 Å². The van der Waals surface area contributed by atoms with Crippen molar-refractivity contribution < 1.29 is 0 Å². The lowest BCUT2D eigenvalue weighted by molar-refractivity contribution is 0.306. The van der Waals surface area contributed by atoms with Crippen LogP contribution >= 0.6 is 0 Å². The van der Waals surface area contributed by atoms with E-state index >= 15 is 0 Å². The van der Waals surface area contributed by atoms with Gasteiger partial charge < -0.3 is 5.32 Å². The van der Waals surface area contributed by atoms with Crippen LogP contribution in [0.1, 0.15) is 87.5 Å². The highest BCUT2D eigenvalue weighted by Gasteiger charge is 2.27. The van der Waals surface area contributed by atoms with Gasteiger partial charge in [-0.2, -0.15) is 0 Å². The van der Waals surface area contributed by atoms with Crippen LogP contribution in [0.2, 0.25) is 0 Å². The molecule has 3 nitrogen and oxygen atoms in total. The van der Waals surface area contributed by atoms with Gasteiger partial charge in [0.25, 0.3) is 0 Å². The average molecular weight is 287 g/mol. The van der Waals surface area contributed by atoms with E-state index in [0.717, 1.165) is 31.3 Å². The lowest BCUT2D eigenvalue weighted by Crippen LogP contribution is -2.28. The molecule has 2 unspecified atom stereocenters. The van der Waals surface area contributed by atoms with Gasteiger partial charge in [-0.05, 0) is 24.7 Å². The van der Waals surface area contributed by atoms with Crippen LogP contribution in [0.15, 0.2) is 0 Å². The van der Waals surface area contributed by atoms with E-state index < -0.39 is 0 Å². The van der Waals surface area contributed by atoms with Crippen molar-refractivity contribution in [2.75, 3.05) is 6.54 Å². The largest absolute Gasteiger partial charge is 0.312 e. The Morgan fingerprint density at radius 2 is 2.10 bits per heavy atom. The molecule has 2 atom stereocenters. The van der Waals surface area contributed by atoms with Gasteiger partial charge in [-0.25, -0.2) is 9.97 Å². The molecular weight excluding hydrogens is 258 g/mol. The second-order valence-corrected chi connectivity index (χ2v) is 7.11. The Balaban J connectivity index is 1.93. The molecule has 0 amide bonds. The Hall–Kier alpha value is -0.960. The van der Waals surface area contributed by atoms with Gasteiger partial charge in [0.05, 0.1) is 11.4 Å². The molecule has 0 saturated heterocycles. The molecule has 3 rings (SSSR count). The minimum atomic E-state index is 0.492. The van der Waals surface area contributed by atoms with Crippen LogP contribution in [0.25, 0.3) is 0 Å². The van der Waals surface area contributed by atoms with Crippen LogP contribution in [0, 0.1) is 5.92 Å². The summed E-state index contributed by atoms with van der Waals surface area (Å²) in [6.45, 7) is 8.86. The SMILES string of the molecule is CCC1CCCC(c2nc3c(c(C(C)C)n2)CNCC3)C1. The summed E-state index contributed by atoms with van der Waals surface area (Å²) >= 11 is 0. The van der Waals surface area contributed by atoms with Gasteiger partial charge in [0, 0.05) is 31.0 Å². The summed E-state index contributed by atoms with van der Waals surface area (Å²) in [5.74, 6) is 3.12. The summed E-state index contributed by atoms with van der Waals surface area (Å²) < 4.78 is 0. The van der Waals surface area contributed by atoms with Crippen LogP contribution in [-0.4, -0.2) is 16.5 Å². The van der Waals surface area contributed by atoms with Crippen molar-refractivity contribution in [3.05, 3.63) is 22.8 Å². The minimum absolute atomic E-state index is 0.492. The monoisotopic (exact) mass is 287 g/mol. The van der Waals surface area contributed by atoms with Crippen molar-refractivity contribution in [1.29, 1.82) is 0 Å². The second kappa shape index (κ2) is 6.43. The predicted molar refractivity (Wildman–Crippen MR) is 86.5 cm³/mol. The fourth-order valence-corrected chi connectivity index (χ4v) is 3.95. The Morgan fingerprint density at radius 3 is 2.86 bits per heavy atom. The molecule has 1 aromatic rings. The smallest absolute Gasteiger partial charge is 0.131 e. The lowest BCUT2D eigenvalue weighted by Gasteiger charge is -2.29. The van der Waals surface area contributed by atoms with Crippen molar-refractivity contribution in [3.63, 3.8) is 0 Å². The predicted octanol–water partition coefficient (Wildman–Crippen LogP) is 3.93. The van der Waals surface area contributed by atoms with Gasteiger partial charge in [0.2, 0.25) is 0 Å². The highest BCUT2D eigenvalue weighted by Crippen LogP contribution is 2.37. The van der Waals surface area contributed by atoms with E-state index in [4.69, 9.17) is 9.97 Å². The molecule has 0 spiro atoms. The first-order chi connectivity index (χ1) is 10.2. The number of nitrogens with one attached hydrogen (secondary N) is 1. The van der Waals surface area contributed by atoms with Crippen LogP contribution in [0.5, 0.6) is 0 Å². The third kappa shape index (κ3) is 3.13. The standard InChI is InChI=1S/C18H29N3/c1-4-13-6-5-7-14(10-13)18-20-16-8-9-19-11-15(16)17(21-18)12(2)3/h12-14,19H,4-11H2,1-3H3. The molecule has 3 heteroatoms. The molecule has 1 aliphatic carbocycles. The minimum Gasteiger partial charge on any atom is -0.312 e. The van der Waals surface area contributed by atoms with E-state index in [1.54, 1.807) is 0 Å². The van der Waals surface area contributed by atoms with E-state index in [2.05, 4.69) is 26.1 Å². The molecule has 2 aliphatic rings.